The van der Waals surface area contributed by atoms with E-state index >= 15 is 0 Å². The van der Waals surface area contributed by atoms with Crippen molar-refractivity contribution in [1.29, 1.82) is 0 Å². The second kappa shape index (κ2) is 8.95. The summed E-state index contributed by atoms with van der Waals surface area (Å²) in [5.41, 5.74) is 1.34. The molecule has 0 bridgehead atoms. The third-order valence-corrected chi connectivity index (χ3v) is 6.08. The van der Waals surface area contributed by atoms with Crippen molar-refractivity contribution >= 4 is 16.8 Å². The monoisotopic (exact) mass is 444 g/mol. The van der Waals surface area contributed by atoms with Gasteiger partial charge in [-0.2, -0.15) is 4.98 Å². The Labute approximate surface area is 190 Å². The Hall–Kier alpha value is -3.85. The van der Waals surface area contributed by atoms with Gasteiger partial charge in [0.05, 0.1) is 23.3 Å². The van der Waals surface area contributed by atoms with Gasteiger partial charge in [0.15, 0.2) is 0 Å². The van der Waals surface area contributed by atoms with Gasteiger partial charge in [0, 0.05) is 31.7 Å². The van der Waals surface area contributed by atoms with Crippen LogP contribution in [0.4, 0.5) is 0 Å². The number of para-hydroxylation sites is 1. The first-order chi connectivity index (χ1) is 16.1. The van der Waals surface area contributed by atoms with Crippen molar-refractivity contribution in [3.8, 4) is 11.4 Å². The summed E-state index contributed by atoms with van der Waals surface area (Å²) >= 11 is 0. The zero-order valence-electron chi connectivity index (χ0n) is 18.3. The largest absolute Gasteiger partial charge is 0.339 e. The molecule has 0 aliphatic carbocycles. The van der Waals surface area contributed by atoms with Crippen LogP contribution >= 0.6 is 0 Å². The lowest BCUT2D eigenvalue weighted by Crippen LogP contribution is -2.50. The molecule has 1 aliphatic rings. The molecule has 1 fully saturated rings. The number of nitrogens with zero attached hydrogens (tertiary/aromatic N) is 6. The minimum atomic E-state index is -0.202. The summed E-state index contributed by atoms with van der Waals surface area (Å²) in [7, 11) is 0. The van der Waals surface area contributed by atoms with Crippen molar-refractivity contribution < 1.29 is 9.32 Å². The second-order valence-corrected chi connectivity index (χ2v) is 8.11. The molecule has 4 aromatic rings. The van der Waals surface area contributed by atoms with Crippen LogP contribution in [0.1, 0.15) is 18.9 Å². The smallest absolute Gasteiger partial charge is 0.261 e. The van der Waals surface area contributed by atoms with Gasteiger partial charge in [0.1, 0.15) is 6.54 Å². The topological polar surface area (TPSA) is 97.4 Å². The van der Waals surface area contributed by atoms with Gasteiger partial charge in [0.2, 0.25) is 17.6 Å². The van der Waals surface area contributed by atoms with E-state index in [1.165, 1.54) is 10.9 Å². The summed E-state index contributed by atoms with van der Waals surface area (Å²) in [5.74, 6) is 1.04. The number of rotatable bonds is 5. The number of benzene rings is 2. The number of piperazine rings is 1. The molecule has 0 radical (unpaired) electrons. The fourth-order valence-electron chi connectivity index (χ4n) is 4.09. The summed E-state index contributed by atoms with van der Waals surface area (Å²) in [5, 5.41) is 4.62. The van der Waals surface area contributed by atoms with E-state index in [9.17, 15) is 9.59 Å². The van der Waals surface area contributed by atoms with E-state index in [-0.39, 0.29) is 24.1 Å². The Bertz CT molecular complexity index is 1320. The predicted octanol–water partition coefficient (Wildman–Crippen LogP) is 2.35. The Morgan fingerprint density at radius 3 is 2.55 bits per heavy atom. The Kier molecular flexibility index (Phi) is 5.70. The highest BCUT2D eigenvalue weighted by molar-refractivity contribution is 5.79. The summed E-state index contributed by atoms with van der Waals surface area (Å²) in [6.45, 7) is 4.51. The first-order valence-corrected chi connectivity index (χ1v) is 10.9. The third-order valence-electron chi connectivity index (χ3n) is 6.08. The van der Waals surface area contributed by atoms with E-state index in [2.05, 4.69) is 20.0 Å². The zero-order chi connectivity index (χ0) is 22.8. The lowest BCUT2D eigenvalue weighted by atomic mass is 10.2. The molecule has 5 rings (SSSR count). The van der Waals surface area contributed by atoms with Crippen LogP contribution in [0.25, 0.3) is 22.3 Å². The first-order valence-electron chi connectivity index (χ1n) is 10.9. The number of aromatic nitrogens is 4. The lowest BCUT2D eigenvalue weighted by molar-refractivity contribution is -0.134. The molecule has 2 aromatic carbocycles. The predicted molar refractivity (Wildman–Crippen MR) is 122 cm³/mol. The molecule has 1 saturated heterocycles. The van der Waals surface area contributed by atoms with E-state index in [0.717, 1.165) is 5.56 Å². The highest BCUT2D eigenvalue weighted by atomic mass is 16.5. The summed E-state index contributed by atoms with van der Waals surface area (Å²) in [6.07, 6.45) is 1.45. The van der Waals surface area contributed by atoms with Crippen LogP contribution in [0.5, 0.6) is 0 Å². The minimum absolute atomic E-state index is 0.0175. The summed E-state index contributed by atoms with van der Waals surface area (Å²) in [6, 6.07) is 16.8. The maximum atomic E-state index is 12.8. The molecule has 1 unspecified atom stereocenters. The maximum absolute atomic E-state index is 12.8. The van der Waals surface area contributed by atoms with E-state index in [1.807, 2.05) is 43.3 Å². The molecular weight excluding hydrogens is 420 g/mol. The molecule has 2 aromatic heterocycles. The molecule has 0 spiro atoms. The van der Waals surface area contributed by atoms with Gasteiger partial charge in [-0.3, -0.25) is 19.1 Å². The van der Waals surface area contributed by atoms with Gasteiger partial charge < -0.3 is 9.42 Å². The van der Waals surface area contributed by atoms with Crippen molar-refractivity contribution in [2.24, 2.45) is 0 Å². The average molecular weight is 444 g/mol. The van der Waals surface area contributed by atoms with Gasteiger partial charge in [-0.25, -0.2) is 4.98 Å². The van der Waals surface area contributed by atoms with E-state index < -0.39 is 0 Å². The van der Waals surface area contributed by atoms with Crippen LogP contribution in [0, 0.1) is 0 Å². The number of hydrogen-bond donors (Lipinski definition) is 0. The van der Waals surface area contributed by atoms with Crippen molar-refractivity contribution in [2.75, 3.05) is 26.2 Å². The molecule has 9 heteroatoms. The van der Waals surface area contributed by atoms with Crippen LogP contribution in [0.3, 0.4) is 0 Å². The molecule has 0 N–H and O–H groups in total. The van der Waals surface area contributed by atoms with Crippen LogP contribution in [-0.4, -0.2) is 61.6 Å². The van der Waals surface area contributed by atoms with Gasteiger partial charge >= 0.3 is 0 Å². The molecule has 1 atom stereocenters. The van der Waals surface area contributed by atoms with Crippen molar-refractivity contribution in [1.82, 2.24) is 29.5 Å². The number of fused-ring (bicyclic) bond motifs is 1. The number of carbonyl (C=O) groups is 1. The second-order valence-electron chi connectivity index (χ2n) is 8.11. The van der Waals surface area contributed by atoms with E-state index in [0.29, 0.717) is 48.8 Å². The van der Waals surface area contributed by atoms with Gasteiger partial charge in [-0.05, 0) is 19.1 Å². The normalized spacial score (nSPS) is 15.6. The third kappa shape index (κ3) is 4.27. The Balaban J connectivity index is 1.20. The highest BCUT2D eigenvalue weighted by Crippen LogP contribution is 2.23. The fraction of sp³-hybridized carbons (Fsp3) is 0.292. The summed E-state index contributed by atoms with van der Waals surface area (Å²) < 4.78 is 6.89. The molecule has 33 heavy (non-hydrogen) atoms. The van der Waals surface area contributed by atoms with Gasteiger partial charge in [-0.15, -0.1) is 0 Å². The quantitative estimate of drug-likeness (QED) is 0.466. The highest BCUT2D eigenvalue weighted by Gasteiger charge is 2.28. The van der Waals surface area contributed by atoms with Crippen LogP contribution in [-0.2, 0) is 11.3 Å². The zero-order valence-corrected chi connectivity index (χ0v) is 18.3. The SMILES string of the molecule is CC(c1nc(-c2ccccc2)no1)N1CCN(C(=O)Cn2cnc3ccccc3c2=O)CC1. The van der Waals surface area contributed by atoms with Crippen LogP contribution in [0.2, 0.25) is 0 Å². The average Bonchev–Trinajstić information content (AvgIpc) is 3.36. The Morgan fingerprint density at radius 2 is 1.76 bits per heavy atom. The Morgan fingerprint density at radius 1 is 1.03 bits per heavy atom. The maximum Gasteiger partial charge on any atom is 0.261 e. The van der Waals surface area contributed by atoms with Crippen LogP contribution < -0.4 is 5.56 Å². The minimum Gasteiger partial charge on any atom is -0.339 e. The van der Waals surface area contributed by atoms with E-state index in [4.69, 9.17) is 4.52 Å². The molecule has 1 aliphatic heterocycles. The fourth-order valence-corrected chi connectivity index (χ4v) is 4.09. The van der Waals surface area contributed by atoms with Crippen molar-refractivity contribution in [3.05, 3.63) is 77.2 Å². The standard InChI is InChI=1S/C24H24N6O3/c1-17(23-26-22(27-33-23)18-7-3-2-4-8-18)28-11-13-29(14-12-28)21(31)15-30-16-25-20-10-6-5-9-19(20)24(30)32/h2-10,16-17H,11-15H2,1H3. The lowest BCUT2D eigenvalue weighted by Gasteiger charge is -2.36. The number of hydrogen-bond acceptors (Lipinski definition) is 7. The van der Waals surface area contributed by atoms with Gasteiger partial charge in [0.25, 0.3) is 5.56 Å². The molecule has 0 saturated carbocycles. The van der Waals surface area contributed by atoms with E-state index in [1.54, 1.807) is 23.1 Å². The molecule has 3 heterocycles. The molecule has 9 nitrogen and oxygen atoms in total. The molecule has 168 valence electrons. The van der Waals surface area contributed by atoms with Crippen molar-refractivity contribution in [2.45, 2.75) is 19.5 Å². The summed E-state index contributed by atoms with van der Waals surface area (Å²) in [4.78, 5) is 38.4. The molecular formula is C24H24N6O3. The van der Waals surface area contributed by atoms with Crippen LogP contribution in [0.15, 0.2) is 70.2 Å². The first kappa shape index (κ1) is 21.0. The number of amides is 1. The molecule has 1 amide bonds. The van der Waals surface area contributed by atoms with Gasteiger partial charge in [-0.1, -0.05) is 47.6 Å². The van der Waals surface area contributed by atoms with Crippen molar-refractivity contribution in [3.63, 3.8) is 0 Å². The number of carbonyl (C=O) groups excluding carboxylic acids is 1.